The molecule has 17 heavy (non-hydrogen) atoms. The van der Waals surface area contributed by atoms with Crippen LogP contribution in [0, 0.1) is 0 Å². The van der Waals surface area contributed by atoms with Crippen LogP contribution >= 0.6 is 0 Å². The Bertz CT molecular complexity index is 386. The second-order valence-corrected chi connectivity index (χ2v) is 3.14. The van der Waals surface area contributed by atoms with Crippen molar-refractivity contribution >= 4 is 5.69 Å². The van der Waals surface area contributed by atoms with Crippen molar-refractivity contribution in [2.24, 2.45) is 0 Å². The van der Waals surface area contributed by atoms with Gasteiger partial charge in [-0.05, 0) is 24.4 Å². The van der Waals surface area contributed by atoms with Gasteiger partial charge in [0.15, 0.2) is 0 Å². The highest BCUT2D eigenvalue weighted by molar-refractivity contribution is 5.51. The van der Waals surface area contributed by atoms with E-state index in [2.05, 4.69) is 11.9 Å². The Kier molecular flexibility index (Phi) is 3.40. The standard InChI is InChI=1S/C10H7F6N/c1-2-17-8-4-6(9(11,12)13)3-7(5-8)10(14,15)16/h2-5,17H,1H2. The van der Waals surface area contributed by atoms with Crippen LogP contribution in [0.5, 0.6) is 0 Å². The van der Waals surface area contributed by atoms with Gasteiger partial charge < -0.3 is 5.32 Å². The Morgan fingerprint density at radius 1 is 0.882 bits per heavy atom. The van der Waals surface area contributed by atoms with E-state index >= 15 is 0 Å². The van der Waals surface area contributed by atoms with E-state index in [-0.39, 0.29) is 11.8 Å². The Morgan fingerprint density at radius 2 is 1.29 bits per heavy atom. The van der Waals surface area contributed by atoms with E-state index < -0.39 is 23.5 Å². The van der Waals surface area contributed by atoms with Crippen LogP contribution in [-0.4, -0.2) is 0 Å². The maximum absolute atomic E-state index is 12.4. The predicted molar refractivity (Wildman–Crippen MR) is 50.3 cm³/mol. The third-order valence-corrected chi connectivity index (χ3v) is 1.86. The molecular formula is C10H7F6N. The van der Waals surface area contributed by atoms with E-state index in [1.54, 1.807) is 0 Å². The zero-order chi connectivity index (χ0) is 13.3. The lowest BCUT2D eigenvalue weighted by molar-refractivity contribution is -0.143. The van der Waals surface area contributed by atoms with E-state index in [1.807, 2.05) is 0 Å². The summed E-state index contributed by atoms with van der Waals surface area (Å²) in [6.45, 7) is 3.17. The molecule has 0 bridgehead atoms. The average molecular weight is 255 g/mol. The van der Waals surface area contributed by atoms with E-state index in [9.17, 15) is 26.3 Å². The summed E-state index contributed by atoms with van der Waals surface area (Å²) in [5.74, 6) is 0. The topological polar surface area (TPSA) is 12.0 Å². The smallest absolute Gasteiger partial charge is 0.362 e. The molecule has 0 fully saturated rings. The molecule has 0 unspecified atom stereocenters. The number of alkyl halides is 6. The first kappa shape index (κ1) is 13.4. The van der Waals surface area contributed by atoms with Crippen LogP contribution in [0.4, 0.5) is 32.0 Å². The molecule has 1 aromatic rings. The van der Waals surface area contributed by atoms with Crippen LogP contribution in [-0.2, 0) is 12.4 Å². The quantitative estimate of drug-likeness (QED) is 0.778. The number of benzene rings is 1. The molecule has 1 nitrogen and oxygen atoms in total. The zero-order valence-electron chi connectivity index (χ0n) is 8.28. The Morgan fingerprint density at radius 3 is 1.59 bits per heavy atom. The number of nitrogens with one attached hydrogen (secondary N) is 1. The Labute approximate surface area is 92.7 Å². The molecule has 0 saturated carbocycles. The van der Waals surface area contributed by atoms with Gasteiger partial charge >= 0.3 is 12.4 Å². The molecule has 1 aromatic carbocycles. The van der Waals surface area contributed by atoms with Crippen molar-refractivity contribution in [1.29, 1.82) is 0 Å². The highest BCUT2D eigenvalue weighted by Gasteiger charge is 2.36. The van der Waals surface area contributed by atoms with Gasteiger partial charge in [0.1, 0.15) is 0 Å². The molecule has 0 aromatic heterocycles. The van der Waals surface area contributed by atoms with Crippen LogP contribution in [0.3, 0.4) is 0 Å². The summed E-state index contributed by atoms with van der Waals surface area (Å²) >= 11 is 0. The summed E-state index contributed by atoms with van der Waals surface area (Å²) in [7, 11) is 0. The van der Waals surface area contributed by atoms with Crippen molar-refractivity contribution in [1.82, 2.24) is 0 Å². The van der Waals surface area contributed by atoms with Gasteiger partial charge in [0, 0.05) is 5.69 Å². The molecule has 0 heterocycles. The van der Waals surface area contributed by atoms with Crippen molar-refractivity contribution < 1.29 is 26.3 Å². The molecular weight excluding hydrogens is 248 g/mol. The average Bonchev–Trinajstić information content (AvgIpc) is 2.15. The molecule has 94 valence electrons. The van der Waals surface area contributed by atoms with E-state index in [0.29, 0.717) is 12.1 Å². The minimum Gasteiger partial charge on any atom is -0.362 e. The highest BCUT2D eigenvalue weighted by atomic mass is 19.4. The highest BCUT2D eigenvalue weighted by Crippen LogP contribution is 2.37. The lowest BCUT2D eigenvalue weighted by Crippen LogP contribution is -2.11. The van der Waals surface area contributed by atoms with Crippen LogP contribution in [0.15, 0.2) is 31.0 Å². The maximum Gasteiger partial charge on any atom is 0.416 e. The van der Waals surface area contributed by atoms with Crippen LogP contribution in [0.25, 0.3) is 0 Å². The maximum atomic E-state index is 12.4. The molecule has 1 N–H and O–H groups in total. The fraction of sp³-hybridized carbons (Fsp3) is 0.200. The first-order valence-corrected chi connectivity index (χ1v) is 4.31. The fourth-order valence-corrected chi connectivity index (χ4v) is 1.16. The number of hydrogen-bond donors (Lipinski definition) is 1. The number of rotatable bonds is 2. The number of hydrogen-bond acceptors (Lipinski definition) is 1. The van der Waals surface area contributed by atoms with Gasteiger partial charge in [-0.15, -0.1) is 0 Å². The molecule has 0 radical (unpaired) electrons. The second-order valence-electron chi connectivity index (χ2n) is 3.14. The summed E-state index contributed by atoms with van der Waals surface area (Å²) in [6, 6.07) is 1.22. The molecule has 1 rings (SSSR count). The summed E-state index contributed by atoms with van der Waals surface area (Å²) < 4.78 is 74.1. The van der Waals surface area contributed by atoms with Gasteiger partial charge in [0.05, 0.1) is 11.1 Å². The summed E-state index contributed by atoms with van der Waals surface area (Å²) in [4.78, 5) is 0. The van der Waals surface area contributed by atoms with Crippen molar-refractivity contribution in [2.75, 3.05) is 5.32 Å². The van der Waals surface area contributed by atoms with Crippen LogP contribution in [0.2, 0.25) is 0 Å². The first-order chi connectivity index (χ1) is 7.64. The molecule has 0 spiro atoms. The van der Waals surface area contributed by atoms with E-state index in [0.717, 1.165) is 6.20 Å². The van der Waals surface area contributed by atoms with Gasteiger partial charge in [0.25, 0.3) is 0 Å². The van der Waals surface area contributed by atoms with Gasteiger partial charge in [-0.2, -0.15) is 26.3 Å². The number of anilines is 1. The van der Waals surface area contributed by atoms with E-state index in [4.69, 9.17) is 0 Å². The SMILES string of the molecule is C=CNc1cc(C(F)(F)F)cc(C(F)(F)F)c1. The van der Waals surface area contributed by atoms with Crippen molar-refractivity contribution in [3.8, 4) is 0 Å². The molecule has 7 heteroatoms. The molecule has 0 amide bonds. The molecule has 0 aliphatic rings. The van der Waals surface area contributed by atoms with Gasteiger partial charge in [-0.1, -0.05) is 6.58 Å². The summed E-state index contributed by atoms with van der Waals surface area (Å²) in [5, 5.41) is 2.20. The van der Waals surface area contributed by atoms with Gasteiger partial charge in [0.2, 0.25) is 0 Å². The van der Waals surface area contributed by atoms with Crippen molar-refractivity contribution in [2.45, 2.75) is 12.4 Å². The Balaban J connectivity index is 3.34. The van der Waals surface area contributed by atoms with Gasteiger partial charge in [-0.25, -0.2) is 0 Å². The second kappa shape index (κ2) is 4.31. The molecule has 0 aliphatic heterocycles. The lowest BCUT2D eigenvalue weighted by Gasteiger charge is -2.13. The minimum absolute atomic E-state index is 0.0638. The third kappa shape index (κ3) is 3.40. The summed E-state index contributed by atoms with van der Waals surface area (Å²) in [5.41, 5.74) is -3.05. The van der Waals surface area contributed by atoms with Gasteiger partial charge in [-0.3, -0.25) is 0 Å². The van der Waals surface area contributed by atoms with Crippen molar-refractivity contribution in [3.05, 3.63) is 42.1 Å². The fourth-order valence-electron chi connectivity index (χ4n) is 1.16. The predicted octanol–water partition coefficient (Wildman–Crippen LogP) is 4.28. The first-order valence-electron chi connectivity index (χ1n) is 4.31. The third-order valence-electron chi connectivity index (χ3n) is 1.86. The molecule has 0 atom stereocenters. The largest absolute Gasteiger partial charge is 0.416 e. The number of halogens is 6. The Hall–Kier alpha value is -1.66. The lowest BCUT2D eigenvalue weighted by atomic mass is 10.1. The molecule has 0 saturated heterocycles. The molecule has 0 aliphatic carbocycles. The van der Waals surface area contributed by atoms with Crippen LogP contribution < -0.4 is 5.32 Å². The zero-order valence-corrected chi connectivity index (χ0v) is 8.28. The normalized spacial score (nSPS) is 12.4. The monoisotopic (exact) mass is 255 g/mol. The minimum atomic E-state index is -4.83. The van der Waals surface area contributed by atoms with Crippen LogP contribution in [0.1, 0.15) is 11.1 Å². The van der Waals surface area contributed by atoms with E-state index in [1.165, 1.54) is 0 Å². The van der Waals surface area contributed by atoms with Crippen molar-refractivity contribution in [3.63, 3.8) is 0 Å². The summed E-state index contributed by atoms with van der Waals surface area (Å²) in [6.07, 6.45) is -8.67.